The molecule has 0 unspecified atom stereocenters. The number of carbonyl (C=O) groups is 1. The maximum absolute atomic E-state index is 12.0. The van der Waals surface area contributed by atoms with E-state index in [0.29, 0.717) is 20.0 Å². The fourth-order valence-electron chi connectivity index (χ4n) is 1.52. The minimum atomic E-state index is -0.400. The van der Waals surface area contributed by atoms with Crippen molar-refractivity contribution >= 4 is 46.1 Å². The Kier molecular flexibility index (Phi) is 4.91. The van der Waals surface area contributed by atoms with E-state index in [4.69, 9.17) is 16.3 Å². The number of halogens is 2. The first-order chi connectivity index (χ1) is 9.06. The monoisotopic (exact) mass is 356 g/mol. The van der Waals surface area contributed by atoms with E-state index in [2.05, 4.69) is 28.6 Å². The maximum atomic E-state index is 12.0. The molecule has 2 aromatic rings. The molecule has 0 aliphatic carbocycles. The van der Waals surface area contributed by atoms with Crippen molar-refractivity contribution in [1.82, 2.24) is 0 Å². The van der Waals surface area contributed by atoms with Crippen molar-refractivity contribution in [3.8, 4) is 0 Å². The second-order valence-electron chi connectivity index (χ2n) is 3.87. The molecule has 19 heavy (non-hydrogen) atoms. The van der Waals surface area contributed by atoms with Crippen LogP contribution in [0.25, 0.3) is 0 Å². The van der Waals surface area contributed by atoms with Crippen molar-refractivity contribution in [3.05, 3.63) is 63.1 Å². The smallest absolute Gasteiger partial charge is 0.339 e. The van der Waals surface area contributed by atoms with Gasteiger partial charge in [-0.25, -0.2) is 4.79 Å². The van der Waals surface area contributed by atoms with Gasteiger partial charge in [0.05, 0.1) is 5.56 Å². The van der Waals surface area contributed by atoms with Crippen molar-refractivity contribution in [2.45, 2.75) is 11.5 Å². The number of esters is 1. The molecule has 0 amide bonds. The summed E-state index contributed by atoms with van der Waals surface area (Å²) < 4.78 is 5.93. The summed E-state index contributed by atoms with van der Waals surface area (Å²) in [4.78, 5) is 12.7. The summed E-state index contributed by atoms with van der Waals surface area (Å²) in [6.45, 7) is 0.183. The molecular formula is C14H10BrClO2S. The zero-order chi connectivity index (χ0) is 13.8. The number of benzene rings is 2. The van der Waals surface area contributed by atoms with Gasteiger partial charge >= 0.3 is 5.97 Å². The highest BCUT2D eigenvalue weighted by Crippen LogP contribution is 2.21. The Labute approximate surface area is 130 Å². The van der Waals surface area contributed by atoms with Crippen LogP contribution in [0.4, 0.5) is 0 Å². The van der Waals surface area contributed by atoms with Crippen molar-refractivity contribution in [1.29, 1.82) is 0 Å². The first kappa shape index (κ1) is 14.4. The summed E-state index contributed by atoms with van der Waals surface area (Å²) >= 11 is 13.4. The topological polar surface area (TPSA) is 26.3 Å². The van der Waals surface area contributed by atoms with Gasteiger partial charge in [-0.05, 0) is 51.8 Å². The Morgan fingerprint density at radius 1 is 1.26 bits per heavy atom. The van der Waals surface area contributed by atoms with Crippen LogP contribution < -0.4 is 0 Å². The second kappa shape index (κ2) is 6.46. The Balaban J connectivity index is 2.07. The largest absolute Gasteiger partial charge is 0.457 e. The lowest BCUT2D eigenvalue weighted by Gasteiger charge is -2.07. The highest BCUT2D eigenvalue weighted by molar-refractivity contribution is 9.10. The molecule has 0 bridgehead atoms. The van der Waals surface area contributed by atoms with E-state index < -0.39 is 5.97 Å². The molecule has 0 atom stereocenters. The standard InChI is InChI=1S/C14H10BrClO2S/c15-13-5-4-11(19)7-12(13)14(17)18-8-9-2-1-3-10(16)6-9/h1-7,19H,8H2. The highest BCUT2D eigenvalue weighted by Gasteiger charge is 2.12. The fraction of sp³-hybridized carbons (Fsp3) is 0.0714. The maximum Gasteiger partial charge on any atom is 0.339 e. The highest BCUT2D eigenvalue weighted by atomic mass is 79.9. The van der Waals surface area contributed by atoms with Crippen LogP contribution in [0.3, 0.4) is 0 Å². The third-order valence-electron chi connectivity index (χ3n) is 2.43. The van der Waals surface area contributed by atoms with Gasteiger partial charge in [0.15, 0.2) is 0 Å². The van der Waals surface area contributed by atoms with Crippen LogP contribution in [0.15, 0.2) is 51.8 Å². The molecular weight excluding hydrogens is 348 g/mol. The van der Waals surface area contributed by atoms with Gasteiger partial charge in [-0.15, -0.1) is 12.6 Å². The molecule has 5 heteroatoms. The SMILES string of the molecule is O=C(OCc1cccc(Cl)c1)c1cc(S)ccc1Br. The summed E-state index contributed by atoms with van der Waals surface area (Å²) in [6.07, 6.45) is 0. The molecule has 0 N–H and O–H groups in total. The first-order valence-corrected chi connectivity index (χ1v) is 7.08. The Hall–Kier alpha value is -0.970. The van der Waals surface area contributed by atoms with E-state index in [1.165, 1.54) is 0 Å². The van der Waals surface area contributed by atoms with Crippen molar-refractivity contribution in [2.24, 2.45) is 0 Å². The first-order valence-electron chi connectivity index (χ1n) is 5.46. The van der Waals surface area contributed by atoms with Crippen LogP contribution in [-0.2, 0) is 11.3 Å². The predicted octanol–water partition coefficient (Wildman–Crippen LogP) is 4.75. The molecule has 0 saturated carbocycles. The van der Waals surface area contributed by atoms with Gasteiger partial charge in [0.2, 0.25) is 0 Å². The quantitative estimate of drug-likeness (QED) is 0.634. The molecule has 0 aliphatic heterocycles. The van der Waals surface area contributed by atoms with E-state index in [9.17, 15) is 4.79 Å². The van der Waals surface area contributed by atoms with E-state index in [1.54, 1.807) is 30.3 Å². The average molecular weight is 358 g/mol. The summed E-state index contributed by atoms with van der Waals surface area (Å²) in [5.74, 6) is -0.400. The van der Waals surface area contributed by atoms with Gasteiger partial charge in [0, 0.05) is 14.4 Å². The lowest BCUT2D eigenvalue weighted by Crippen LogP contribution is -2.06. The Morgan fingerprint density at radius 2 is 2.05 bits per heavy atom. The van der Waals surface area contributed by atoms with Gasteiger partial charge in [-0.3, -0.25) is 0 Å². The van der Waals surface area contributed by atoms with Crippen molar-refractivity contribution < 1.29 is 9.53 Å². The predicted molar refractivity (Wildman–Crippen MR) is 82.0 cm³/mol. The van der Waals surface area contributed by atoms with E-state index in [-0.39, 0.29) is 6.61 Å². The molecule has 0 saturated heterocycles. The van der Waals surface area contributed by atoms with E-state index >= 15 is 0 Å². The van der Waals surface area contributed by atoms with Gasteiger partial charge in [-0.1, -0.05) is 23.7 Å². The molecule has 0 radical (unpaired) electrons. The summed E-state index contributed by atoms with van der Waals surface area (Å²) in [7, 11) is 0. The van der Waals surface area contributed by atoms with Gasteiger partial charge in [-0.2, -0.15) is 0 Å². The Morgan fingerprint density at radius 3 is 2.79 bits per heavy atom. The molecule has 2 aromatic carbocycles. The summed E-state index contributed by atoms with van der Waals surface area (Å²) in [5.41, 5.74) is 1.30. The normalized spacial score (nSPS) is 10.3. The number of thiol groups is 1. The molecule has 2 rings (SSSR count). The van der Waals surface area contributed by atoms with Crippen molar-refractivity contribution in [3.63, 3.8) is 0 Å². The van der Waals surface area contributed by atoms with Crippen LogP contribution in [0.5, 0.6) is 0 Å². The van der Waals surface area contributed by atoms with Crippen LogP contribution >= 0.6 is 40.2 Å². The number of ether oxygens (including phenoxy) is 1. The third-order valence-corrected chi connectivity index (χ3v) is 3.63. The number of hydrogen-bond acceptors (Lipinski definition) is 3. The minimum absolute atomic E-state index is 0.183. The van der Waals surface area contributed by atoms with E-state index in [0.717, 1.165) is 5.56 Å². The van der Waals surface area contributed by atoms with Crippen molar-refractivity contribution in [2.75, 3.05) is 0 Å². The zero-order valence-electron chi connectivity index (χ0n) is 9.77. The number of rotatable bonds is 3. The molecule has 0 spiro atoms. The summed E-state index contributed by atoms with van der Waals surface area (Å²) in [6, 6.07) is 12.4. The van der Waals surface area contributed by atoms with Gasteiger partial charge in [0.25, 0.3) is 0 Å². The Bertz CT molecular complexity index is 616. The van der Waals surface area contributed by atoms with Gasteiger partial charge < -0.3 is 4.74 Å². The van der Waals surface area contributed by atoms with Crippen LogP contribution in [0.2, 0.25) is 5.02 Å². The van der Waals surface area contributed by atoms with E-state index in [1.807, 2.05) is 12.1 Å². The van der Waals surface area contributed by atoms with Crippen LogP contribution in [0.1, 0.15) is 15.9 Å². The lowest BCUT2D eigenvalue weighted by molar-refractivity contribution is 0.0471. The second-order valence-corrected chi connectivity index (χ2v) is 5.68. The molecule has 0 aliphatic rings. The third kappa shape index (κ3) is 4.00. The number of carbonyl (C=O) groups excluding carboxylic acids is 1. The summed E-state index contributed by atoms with van der Waals surface area (Å²) in [5, 5.41) is 0.618. The zero-order valence-corrected chi connectivity index (χ0v) is 13.0. The fourth-order valence-corrected chi connectivity index (χ4v) is 2.35. The molecule has 0 fully saturated rings. The number of hydrogen-bond donors (Lipinski definition) is 1. The lowest BCUT2D eigenvalue weighted by atomic mass is 10.2. The minimum Gasteiger partial charge on any atom is -0.457 e. The van der Waals surface area contributed by atoms with Crippen LogP contribution in [-0.4, -0.2) is 5.97 Å². The molecule has 0 heterocycles. The van der Waals surface area contributed by atoms with Crippen LogP contribution in [0, 0.1) is 0 Å². The van der Waals surface area contributed by atoms with Gasteiger partial charge in [0.1, 0.15) is 6.61 Å². The molecule has 0 aromatic heterocycles. The molecule has 98 valence electrons. The molecule has 2 nitrogen and oxygen atoms in total. The average Bonchev–Trinajstić information content (AvgIpc) is 2.39.